The predicted molar refractivity (Wildman–Crippen MR) is 148 cm³/mol. The number of furan rings is 1. The monoisotopic (exact) mass is 533 g/mol. The van der Waals surface area contributed by atoms with E-state index in [2.05, 4.69) is 9.88 Å². The molecule has 0 atom stereocenters. The zero-order valence-corrected chi connectivity index (χ0v) is 22.8. The molecule has 0 aliphatic carbocycles. The highest BCUT2D eigenvalue weighted by Gasteiger charge is 2.45. The van der Waals surface area contributed by atoms with Crippen molar-refractivity contribution in [3.05, 3.63) is 75.3 Å². The molecular weight excluding hydrogens is 502 g/mol. The highest BCUT2D eigenvalue weighted by molar-refractivity contribution is 7.09. The molecule has 9 nitrogen and oxygen atoms in total. The van der Waals surface area contributed by atoms with Gasteiger partial charge in [0.05, 0.1) is 29.6 Å². The number of fused-ring (bicyclic) bond motifs is 2. The van der Waals surface area contributed by atoms with E-state index in [1.807, 2.05) is 36.6 Å². The zero-order valence-electron chi connectivity index (χ0n) is 22.0. The van der Waals surface area contributed by atoms with Gasteiger partial charge in [0.2, 0.25) is 11.8 Å². The molecule has 0 saturated carbocycles. The maximum Gasteiger partial charge on any atom is 0.261 e. The maximum atomic E-state index is 13.2. The van der Waals surface area contributed by atoms with Gasteiger partial charge in [-0.2, -0.15) is 0 Å². The van der Waals surface area contributed by atoms with Gasteiger partial charge in [-0.05, 0) is 50.6 Å². The van der Waals surface area contributed by atoms with Crippen LogP contribution in [0.5, 0.6) is 0 Å². The van der Waals surface area contributed by atoms with Crippen molar-refractivity contribution in [1.82, 2.24) is 14.5 Å². The summed E-state index contributed by atoms with van der Waals surface area (Å²) in [7, 11) is 1.73. The van der Waals surface area contributed by atoms with E-state index in [-0.39, 0.29) is 17.4 Å². The summed E-state index contributed by atoms with van der Waals surface area (Å²) < 4.78 is 7.05. The van der Waals surface area contributed by atoms with Gasteiger partial charge >= 0.3 is 0 Å². The molecule has 0 saturated heterocycles. The molecule has 2 amide bonds. The summed E-state index contributed by atoms with van der Waals surface area (Å²) in [4.78, 5) is 49.3. The lowest BCUT2D eigenvalue weighted by atomic mass is 9.90. The molecule has 1 aromatic carbocycles. The molecule has 38 heavy (non-hydrogen) atoms. The fourth-order valence-electron chi connectivity index (χ4n) is 4.97. The lowest BCUT2D eigenvalue weighted by Crippen LogP contribution is -2.47. The number of aromatic nitrogens is 2. The van der Waals surface area contributed by atoms with Crippen LogP contribution in [0.25, 0.3) is 11.0 Å². The van der Waals surface area contributed by atoms with Crippen LogP contribution in [-0.2, 0) is 29.2 Å². The minimum absolute atomic E-state index is 0.0810. The molecule has 5 rings (SSSR count). The van der Waals surface area contributed by atoms with Crippen LogP contribution in [0.1, 0.15) is 31.3 Å². The van der Waals surface area contributed by atoms with E-state index in [0.29, 0.717) is 49.4 Å². The quantitative estimate of drug-likeness (QED) is 0.317. The largest absolute Gasteiger partial charge is 0.464 e. The van der Waals surface area contributed by atoms with Crippen LogP contribution in [0, 0.1) is 5.41 Å². The van der Waals surface area contributed by atoms with Crippen LogP contribution in [0.15, 0.2) is 63.6 Å². The number of hydrogen-bond donors (Lipinski definition) is 0. The second-order valence-corrected chi connectivity index (χ2v) is 11.0. The molecule has 0 spiro atoms. The van der Waals surface area contributed by atoms with Crippen LogP contribution in [0.3, 0.4) is 0 Å². The summed E-state index contributed by atoms with van der Waals surface area (Å²) in [6.07, 6.45) is 5.08. The van der Waals surface area contributed by atoms with Gasteiger partial charge in [-0.25, -0.2) is 4.98 Å². The summed E-state index contributed by atoms with van der Waals surface area (Å²) in [5, 5.41) is 3.50. The van der Waals surface area contributed by atoms with Crippen molar-refractivity contribution < 1.29 is 14.0 Å². The molecule has 1 aliphatic rings. The minimum Gasteiger partial charge on any atom is -0.464 e. The van der Waals surface area contributed by atoms with Crippen LogP contribution >= 0.6 is 11.3 Å². The number of pyridine rings is 1. The highest BCUT2D eigenvalue weighted by atomic mass is 32.1. The number of nitrogens with zero attached hydrogens (tertiary/aromatic N) is 5. The number of anilines is 2. The molecule has 0 radical (unpaired) electrons. The number of carbonyl (C=O) groups is 2. The Bertz CT molecular complexity index is 1540. The van der Waals surface area contributed by atoms with E-state index in [9.17, 15) is 14.4 Å². The average molecular weight is 534 g/mol. The van der Waals surface area contributed by atoms with Crippen molar-refractivity contribution in [2.75, 3.05) is 29.9 Å². The second-order valence-electron chi connectivity index (χ2n) is 10.0. The molecule has 1 aliphatic heterocycles. The molecule has 4 heterocycles. The van der Waals surface area contributed by atoms with E-state index in [1.54, 1.807) is 65.1 Å². The van der Waals surface area contributed by atoms with Crippen molar-refractivity contribution in [3.63, 3.8) is 0 Å². The van der Waals surface area contributed by atoms with Crippen LogP contribution in [0.2, 0.25) is 0 Å². The lowest BCUT2D eigenvalue weighted by Gasteiger charge is -2.27. The van der Waals surface area contributed by atoms with Gasteiger partial charge in [0.25, 0.3) is 5.56 Å². The summed E-state index contributed by atoms with van der Waals surface area (Å²) in [6, 6.07) is 9.42. The fourth-order valence-corrected chi connectivity index (χ4v) is 5.63. The number of amides is 2. The third-order valence-corrected chi connectivity index (χ3v) is 7.89. The summed E-state index contributed by atoms with van der Waals surface area (Å²) in [6.45, 7) is 8.08. The number of hydrogen-bond acceptors (Lipinski definition) is 7. The molecule has 0 N–H and O–H groups in total. The van der Waals surface area contributed by atoms with E-state index in [1.165, 1.54) is 6.26 Å². The Kier molecular flexibility index (Phi) is 6.93. The Morgan fingerprint density at radius 3 is 2.61 bits per heavy atom. The Labute approximate surface area is 224 Å². The summed E-state index contributed by atoms with van der Waals surface area (Å²) in [5.74, 6) is -0.431. The van der Waals surface area contributed by atoms with Crippen molar-refractivity contribution in [3.8, 4) is 0 Å². The molecule has 10 heteroatoms. The van der Waals surface area contributed by atoms with E-state index < -0.39 is 5.41 Å². The third-order valence-electron chi connectivity index (χ3n) is 7.13. The Morgan fingerprint density at radius 2 is 1.87 bits per heavy atom. The van der Waals surface area contributed by atoms with Crippen molar-refractivity contribution in [1.29, 1.82) is 0 Å². The minimum atomic E-state index is -1.15. The first-order valence-corrected chi connectivity index (χ1v) is 13.5. The normalized spacial score (nSPS) is 15.4. The van der Waals surface area contributed by atoms with Gasteiger partial charge in [-0.3, -0.25) is 19.3 Å². The molecule has 4 aromatic rings. The first-order chi connectivity index (χ1) is 18.2. The van der Waals surface area contributed by atoms with Gasteiger partial charge in [0.1, 0.15) is 16.0 Å². The van der Waals surface area contributed by atoms with Gasteiger partial charge in [-0.15, -0.1) is 11.3 Å². The second kappa shape index (κ2) is 10.2. The Morgan fingerprint density at radius 1 is 1.05 bits per heavy atom. The molecule has 0 unspecified atom stereocenters. The first-order valence-electron chi connectivity index (χ1n) is 12.6. The van der Waals surface area contributed by atoms with Crippen molar-refractivity contribution in [2.45, 2.75) is 40.4 Å². The number of thiazole rings is 1. The van der Waals surface area contributed by atoms with E-state index in [4.69, 9.17) is 4.42 Å². The lowest BCUT2D eigenvalue weighted by molar-refractivity contribution is -0.137. The van der Waals surface area contributed by atoms with Gasteiger partial charge in [0, 0.05) is 51.0 Å². The molecule has 0 fully saturated rings. The smallest absolute Gasteiger partial charge is 0.261 e. The summed E-state index contributed by atoms with van der Waals surface area (Å²) >= 11 is 1.59. The Balaban J connectivity index is 1.43. The third kappa shape index (κ3) is 4.65. The summed E-state index contributed by atoms with van der Waals surface area (Å²) in [5.41, 5.74) is 1.79. The van der Waals surface area contributed by atoms with E-state index in [0.717, 1.165) is 16.3 Å². The van der Waals surface area contributed by atoms with Crippen molar-refractivity contribution in [2.24, 2.45) is 5.41 Å². The van der Waals surface area contributed by atoms with E-state index >= 15 is 0 Å². The van der Waals surface area contributed by atoms with Crippen LogP contribution < -0.4 is 15.4 Å². The molecule has 3 aromatic heterocycles. The SMILES string of the molecule is CCN1C(=O)C(C)(C)C(=O)N(C)c2cc(CN(CCn3ccc4occc4c3=O)Cc3nccs3)ccc21. The standard InChI is InChI=1S/C28H31N5O4S/c1-5-33-21-7-6-19(16-22(21)30(4)26(35)28(2,3)27(33)36)17-31(18-24-29-10-15-38-24)12-13-32-11-8-23-20(25(32)34)9-14-37-23/h6-11,14-16H,5,12-13,17-18H2,1-4H3. The molecule has 198 valence electrons. The Hall–Kier alpha value is -3.76. The van der Waals surface area contributed by atoms with Gasteiger partial charge in [-0.1, -0.05) is 6.07 Å². The maximum absolute atomic E-state index is 13.2. The van der Waals surface area contributed by atoms with Gasteiger partial charge < -0.3 is 18.8 Å². The zero-order chi connectivity index (χ0) is 27.0. The number of rotatable bonds is 8. The van der Waals surface area contributed by atoms with Gasteiger partial charge in [0.15, 0.2) is 0 Å². The first kappa shape index (κ1) is 25.9. The molecule has 0 bridgehead atoms. The van der Waals surface area contributed by atoms with Crippen LogP contribution in [0.4, 0.5) is 11.4 Å². The average Bonchev–Trinajstić information content (AvgIpc) is 3.59. The topological polar surface area (TPSA) is 91.9 Å². The number of benzene rings is 1. The van der Waals surface area contributed by atoms with Crippen molar-refractivity contribution >= 4 is 45.5 Å². The number of carbonyl (C=O) groups excluding carboxylic acids is 2. The fraction of sp³-hybridized carbons (Fsp3) is 0.357. The predicted octanol–water partition coefficient (Wildman–Crippen LogP) is 4.11. The molecular formula is C28H31N5O4S. The highest BCUT2D eigenvalue weighted by Crippen LogP contribution is 2.39. The van der Waals surface area contributed by atoms with Crippen LogP contribution in [-0.4, -0.2) is 46.4 Å².